The summed E-state index contributed by atoms with van der Waals surface area (Å²) in [6.07, 6.45) is 0. The second-order valence-electron chi connectivity index (χ2n) is 4.55. The number of nitrogens with one attached hydrogen (secondary N) is 1. The molecule has 0 spiro atoms. The first-order chi connectivity index (χ1) is 10.1. The molecule has 0 heterocycles. The van der Waals surface area contributed by atoms with E-state index in [-0.39, 0.29) is 6.04 Å². The zero-order valence-electron chi connectivity index (χ0n) is 11.8. The van der Waals surface area contributed by atoms with Crippen molar-refractivity contribution in [1.82, 2.24) is 5.32 Å². The van der Waals surface area contributed by atoms with Crippen LogP contribution in [0.1, 0.15) is 24.1 Å². The molecule has 0 aliphatic carbocycles. The highest BCUT2D eigenvalue weighted by Crippen LogP contribution is 2.36. The van der Waals surface area contributed by atoms with Crippen LogP contribution < -0.4 is 10.1 Å². The minimum Gasteiger partial charge on any atom is -0.495 e. The quantitative estimate of drug-likeness (QED) is 0.733. The fourth-order valence-corrected chi connectivity index (χ4v) is 2.96. The van der Waals surface area contributed by atoms with E-state index in [1.165, 1.54) is 0 Å². The van der Waals surface area contributed by atoms with Gasteiger partial charge in [-0.1, -0.05) is 58.2 Å². The number of hydrogen-bond acceptors (Lipinski definition) is 2. The number of halogens is 3. The summed E-state index contributed by atoms with van der Waals surface area (Å²) in [5.41, 5.74) is 2.06. The zero-order chi connectivity index (χ0) is 15.4. The molecule has 0 saturated carbocycles. The van der Waals surface area contributed by atoms with Crippen molar-refractivity contribution in [3.8, 4) is 5.75 Å². The molecule has 5 heteroatoms. The fourth-order valence-electron chi connectivity index (χ4n) is 2.19. The average molecular weight is 389 g/mol. The summed E-state index contributed by atoms with van der Waals surface area (Å²) in [7, 11) is 1.58. The third-order valence-corrected chi connectivity index (χ3v) is 4.35. The number of benzene rings is 2. The Hall–Kier alpha value is -0.740. The summed E-state index contributed by atoms with van der Waals surface area (Å²) in [5.74, 6) is 0.580. The van der Waals surface area contributed by atoms with E-state index >= 15 is 0 Å². The molecule has 112 valence electrons. The van der Waals surface area contributed by atoms with Gasteiger partial charge < -0.3 is 10.1 Å². The lowest BCUT2D eigenvalue weighted by Crippen LogP contribution is -2.22. The lowest BCUT2D eigenvalue weighted by molar-refractivity contribution is 0.414. The van der Waals surface area contributed by atoms with Crippen LogP contribution in [0.5, 0.6) is 5.75 Å². The normalized spacial score (nSPS) is 12.2. The molecule has 2 aromatic carbocycles. The van der Waals surface area contributed by atoms with Crippen LogP contribution in [0.3, 0.4) is 0 Å². The van der Waals surface area contributed by atoms with E-state index in [0.717, 1.165) is 22.1 Å². The van der Waals surface area contributed by atoms with Crippen LogP contribution in [-0.2, 0) is 0 Å². The summed E-state index contributed by atoms with van der Waals surface area (Å²) in [6, 6.07) is 11.7. The Kier molecular flexibility index (Phi) is 5.94. The van der Waals surface area contributed by atoms with Crippen molar-refractivity contribution < 1.29 is 4.74 Å². The van der Waals surface area contributed by atoms with E-state index in [1.54, 1.807) is 13.2 Å². The van der Waals surface area contributed by atoms with E-state index in [4.69, 9.17) is 27.9 Å². The van der Waals surface area contributed by atoms with Gasteiger partial charge in [-0.2, -0.15) is 0 Å². The van der Waals surface area contributed by atoms with Crippen molar-refractivity contribution in [1.29, 1.82) is 0 Å². The summed E-state index contributed by atoms with van der Waals surface area (Å²) >= 11 is 16.1. The van der Waals surface area contributed by atoms with Gasteiger partial charge in [-0.15, -0.1) is 0 Å². The minimum absolute atomic E-state index is 0.0148. The molecule has 1 unspecified atom stereocenters. The number of methoxy groups -OCH3 is 1. The molecule has 1 N–H and O–H groups in total. The van der Waals surface area contributed by atoms with Gasteiger partial charge >= 0.3 is 0 Å². The van der Waals surface area contributed by atoms with Gasteiger partial charge in [0.2, 0.25) is 0 Å². The molecule has 0 aliphatic heterocycles. The number of ether oxygens (including phenoxy) is 1. The summed E-state index contributed by atoms with van der Waals surface area (Å²) < 4.78 is 6.24. The molecular formula is C16H16BrCl2NO. The van der Waals surface area contributed by atoms with Crippen LogP contribution in [-0.4, -0.2) is 13.7 Å². The molecule has 1 atom stereocenters. The van der Waals surface area contributed by atoms with Gasteiger partial charge in [0.15, 0.2) is 0 Å². The van der Waals surface area contributed by atoms with Crippen LogP contribution in [0, 0.1) is 0 Å². The third-order valence-electron chi connectivity index (χ3n) is 3.19. The molecular weight excluding hydrogens is 373 g/mol. The van der Waals surface area contributed by atoms with Crippen molar-refractivity contribution in [3.63, 3.8) is 0 Å². The van der Waals surface area contributed by atoms with E-state index in [9.17, 15) is 0 Å². The van der Waals surface area contributed by atoms with Crippen molar-refractivity contribution in [2.24, 2.45) is 0 Å². The van der Waals surface area contributed by atoms with Gasteiger partial charge in [0.05, 0.1) is 18.2 Å². The SMILES string of the molecule is CCNC(c1ccc(Br)cc1)c1cc(Cl)c(OC)cc1Cl. The summed E-state index contributed by atoms with van der Waals surface area (Å²) in [4.78, 5) is 0. The first-order valence-corrected chi connectivity index (χ1v) is 8.13. The fraction of sp³-hybridized carbons (Fsp3) is 0.250. The second-order valence-corrected chi connectivity index (χ2v) is 6.28. The molecule has 2 aromatic rings. The molecule has 21 heavy (non-hydrogen) atoms. The van der Waals surface area contributed by atoms with Gasteiger partial charge in [0.25, 0.3) is 0 Å². The van der Waals surface area contributed by atoms with Crippen molar-refractivity contribution >= 4 is 39.1 Å². The molecule has 0 aliphatic rings. The van der Waals surface area contributed by atoms with Gasteiger partial charge in [0.1, 0.15) is 5.75 Å². The Bertz CT molecular complexity index is 616. The third kappa shape index (κ3) is 3.92. The van der Waals surface area contributed by atoms with Crippen LogP contribution in [0.2, 0.25) is 10.0 Å². The van der Waals surface area contributed by atoms with E-state index in [2.05, 4.69) is 40.3 Å². The van der Waals surface area contributed by atoms with Crippen LogP contribution in [0.25, 0.3) is 0 Å². The maximum Gasteiger partial charge on any atom is 0.138 e. The predicted molar refractivity (Wildman–Crippen MR) is 92.7 cm³/mol. The highest BCUT2D eigenvalue weighted by Gasteiger charge is 2.18. The standard InChI is InChI=1S/C16H16BrCl2NO/c1-3-20-16(10-4-6-11(17)7-5-10)12-8-14(19)15(21-2)9-13(12)18/h4-9,16,20H,3H2,1-2H3. The first-order valence-electron chi connectivity index (χ1n) is 6.58. The number of rotatable bonds is 5. The first kappa shape index (κ1) is 16.6. The van der Waals surface area contributed by atoms with Gasteiger partial charge in [0, 0.05) is 15.6 Å². The Morgan fingerprint density at radius 2 is 1.81 bits per heavy atom. The van der Waals surface area contributed by atoms with E-state index in [0.29, 0.717) is 15.8 Å². The topological polar surface area (TPSA) is 21.3 Å². The number of hydrogen-bond donors (Lipinski definition) is 1. The Balaban J connectivity index is 2.47. The van der Waals surface area contributed by atoms with Crippen LogP contribution >= 0.6 is 39.1 Å². The molecule has 0 aromatic heterocycles. The van der Waals surface area contributed by atoms with Crippen molar-refractivity contribution in [2.45, 2.75) is 13.0 Å². The lowest BCUT2D eigenvalue weighted by atomic mass is 9.98. The molecule has 0 bridgehead atoms. The van der Waals surface area contributed by atoms with E-state index in [1.807, 2.05) is 18.2 Å². The lowest BCUT2D eigenvalue weighted by Gasteiger charge is -2.21. The maximum atomic E-state index is 6.40. The van der Waals surface area contributed by atoms with E-state index < -0.39 is 0 Å². The highest BCUT2D eigenvalue weighted by atomic mass is 79.9. The van der Waals surface area contributed by atoms with Crippen LogP contribution in [0.4, 0.5) is 0 Å². The Morgan fingerprint density at radius 3 is 2.38 bits per heavy atom. The van der Waals surface area contributed by atoms with Crippen molar-refractivity contribution in [3.05, 3.63) is 62.0 Å². The summed E-state index contributed by atoms with van der Waals surface area (Å²) in [5, 5.41) is 4.62. The molecule has 2 rings (SSSR count). The molecule has 0 fully saturated rings. The van der Waals surface area contributed by atoms with Gasteiger partial charge in [-0.3, -0.25) is 0 Å². The van der Waals surface area contributed by atoms with Crippen molar-refractivity contribution in [2.75, 3.05) is 13.7 Å². The maximum absolute atomic E-state index is 6.40. The van der Waals surface area contributed by atoms with Gasteiger partial charge in [-0.25, -0.2) is 0 Å². The minimum atomic E-state index is -0.0148. The van der Waals surface area contributed by atoms with Crippen LogP contribution in [0.15, 0.2) is 40.9 Å². The smallest absolute Gasteiger partial charge is 0.138 e. The van der Waals surface area contributed by atoms with Gasteiger partial charge in [-0.05, 0) is 35.9 Å². The Labute approximate surface area is 143 Å². The average Bonchev–Trinajstić information content (AvgIpc) is 2.48. The zero-order valence-corrected chi connectivity index (χ0v) is 14.9. The predicted octanol–water partition coefficient (Wildman–Crippen LogP) is 5.46. The molecule has 0 radical (unpaired) electrons. The second kappa shape index (κ2) is 7.50. The Morgan fingerprint density at radius 1 is 1.14 bits per heavy atom. The largest absolute Gasteiger partial charge is 0.495 e. The molecule has 0 amide bonds. The monoisotopic (exact) mass is 387 g/mol. The highest BCUT2D eigenvalue weighted by molar-refractivity contribution is 9.10. The summed E-state index contributed by atoms with van der Waals surface area (Å²) in [6.45, 7) is 2.88. The molecule has 0 saturated heterocycles. The molecule has 2 nitrogen and oxygen atoms in total.